The molecule has 1 aromatic rings. The topological polar surface area (TPSA) is 67.1 Å². The normalized spacial score (nSPS) is 49.7. The van der Waals surface area contributed by atoms with Crippen LogP contribution >= 0.6 is 0 Å². The van der Waals surface area contributed by atoms with Gasteiger partial charge < -0.3 is 23.4 Å². The fourth-order valence-corrected chi connectivity index (χ4v) is 7.36. The Labute approximate surface area is 175 Å². The van der Waals surface area contributed by atoms with Gasteiger partial charge in [-0.3, -0.25) is 0 Å². The molecular weight excluding hydrogens is 384 g/mol. The van der Waals surface area contributed by atoms with Gasteiger partial charge in [-0.1, -0.05) is 11.6 Å². The van der Waals surface area contributed by atoms with E-state index in [4.69, 9.17) is 23.4 Å². The highest BCUT2D eigenvalue weighted by atomic mass is 16.8. The second-order valence-electron chi connectivity index (χ2n) is 10.5. The predicted octanol–water partition coefficient (Wildman–Crippen LogP) is 4.19. The minimum Gasteiger partial charge on any atom is -0.472 e. The first-order valence-corrected chi connectivity index (χ1v) is 11.0. The average molecular weight is 410 g/mol. The summed E-state index contributed by atoms with van der Waals surface area (Å²) < 4.78 is 30.9. The van der Waals surface area contributed by atoms with E-state index < -0.39 is 11.4 Å². The molecule has 5 heterocycles. The molecule has 1 aromatic heterocycles. The first-order valence-electron chi connectivity index (χ1n) is 11.0. The van der Waals surface area contributed by atoms with E-state index in [0.717, 1.165) is 31.2 Å². The lowest BCUT2D eigenvalue weighted by atomic mass is 9.72. The third kappa shape index (κ3) is 1.98. The molecule has 30 heavy (non-hydrogen) atoms. The Hall–Kier alpha value is -1.89. The van der Waals surface area contributed by atoms with Crippen LogP contribution in [0.3, 0.4) is 0 Å². The molecule has 6 nitrogen and oxygen atoms in total. The van der Waals surface area contributed by atoms with Crippen LogP contribution < -0.4 is 0 Å². The molecule has 7 atom stereocenters. The van der Waals surface area contributed by atoms with Crippen LogP contribution in [0.25, 0.3) is 0 Å². The molecule has 6 aliphatic rings. The number of carbonyl (C=O) groups is 1. The van der Waals surface area contributed by atoms with E-state index >= 15 is 0 Å². The highest BCUT2D eigenvalue weighted by molar-refractivity contribution is 5.84. The molecule has 3 saturated heterocycles. The molecule has 7 unspecified atom stereocenters. The van der Waals surface area contributed by atoms with Crippen LogP contribution in [0, 0.1) is 16.7 Å². The highest BCUT2D eigenvalue weighted by Crippen LogP contribution is 2.85. The Morgan fingerprint density at radius 3 is 2.90 bits per heavy atom. The number of esters is 1. The molecule has 0 amide bonds. The number of allylic oxidation sites excluding steroid dienone is 1. The molecule has 6 heteroatoms. The summed E-state index contributed by atoms with van der Waals surface area (Å²) in [5, 5.41) is 0. The monoisotopic (exact) mass is 410 g/mol. The molecule has 0 aromatic carbocycles. The zero-order valence-electron chi connectivity index (χ0n) is 17.3. The summed E-state index contributed by atoms with van der Waals surface area (Å²) in [7, 11) is 0. The summed E-state index contributed by atoms with van der Waals surface area (Å²) >= 11 is 0. The number of hydrogen-bond acceptors (Lipinski definition) is 6. The van der Waals surface area contributed by atoms with Crippen molar-refractivity contribution < 1.29 is 28.2 Å². The van der Waals surface area contributed by atoms with Crippen LogP contribution in [-0.4, -0.2) is 29.8 Å². The van der Waals surface area contributed by atoms with Crippen LogP contribution in [0.15, 0.2) is 46.8 Å². The third-order valence-electron chi connectivity index (χ3n) is 8.65. The van der Waals surface area contributed by atoms with E-state index in [1.807, 2.05) is 18.4 Å². The summed E-state index contributed by atoms with van der Waals surface area (Å²) in [6.45, 7) is 4.14. The van der Waals surface area contributed by atoms with Crippen LogP contribution in [0.5, 0.6) is 0 Å². The van der Waals surface area contributed by atoms with E-state index in [2.05, 4.69) is 19.9 Å². The standard InChI is InChI=1S/C24H26O6/c1-21(2)16(17-5-6-18(25)27-17)11-23(30-21)10-15-4-3-8-22-13-24(15,22)20(29-23)28-19(22)14-7-9-26-12-14/h4-7,9,12,16-17,19-20H,3,8,10-11,13H2,1-2H3. The molecule has 1 saturated carbocycles. The van der Waals surface area contributed by atoms with Gasteiger partial charge in [0, 0.05) is 35.8 Å². The number of ether oxygens (including phenoxy) is 4. The van der Waals surface area contributed by atoms with Crippen molar-refractivity contribution >= 4 is 5.97 Å². The average Bonchev–Trinajstić information content (AvgIpc) is 3.13. The number of rotatable bonds is 2. The van der Waals surface area contributed by atoms with E-state index in [9.17, 15) is 4.79 Å². The smallest absolute Gasteiger partial charge is 0.331 e. The first-order chi connectivity index (χ1) is 14.4. The maximum Gasteiger partial charge on any atom is 0.331 e. The van der Waals surface area contributed by atoms with Gasteiger partial charge in [-0.2, -0.15) is 0 Å². The first kappa shape index (κ1) is 17.8. The highest BCUT2D eigenvalue weighted by Gasteiger charge is 2.84. The Bertz CT molecular complexity index is 991. The second-order valence-corrected chi connectivity index (χ2v) is 10.5. The molecule has 4 aliphatic heterocycles. The van der Waals surface area contributed by atoms with Gasteiger partial charge in [0.25, 0.3) is 0 Å². The second kappa shape index (κ2) is 5.29. The molecule has 0 N–H and O–H groups in total. The van der Waals surface area contributed by atoms with Crippen molar-refractivity contribution in [3.05, 3.63) is 48.0 Å². The van der Waals surface area contributed by atoms with Crippen molar-refractivity contribution in [3.8, 4) is 0 Å². The molecular formula is C24H26O6. The van der Waals surface area contributed by atoms with E-state index in [0.29, 0.717) is 6.42 Å². The van der Waals surface area contributed by atoms with Crippen LogP contribution in [-0.2, 0) is 23.7 Å². The van der Waals surface area contributed by atoms with Gasteiger partial charge in [0.1, 0.15) is 6.10 Å². The zero-order chi connectivity index (χ0) is 20.4. The van der Waals surface area contributed by atoms with Crippen molar-refractivity contribution in [2.24, 2.45) is 16.7 Å². The molecule has 2 spiro atoms. The third-order valence-corrected chi connectivity index (χ3v) is 8.65. The van der Waals surface area contributed by atoms with Gasteiger partial charge in [0.2, 0.25) is 0 Å². The van der Waals surface area contributed by atoms with Crippen molar-refractivity contribution in [1.29, 1.82) is 0 Å². The predicted molar refractivity (Wildman–Crippen MR) is 104 cm³/mol. The Balaban J connectivity index is 1.24. The summed E-state index contributed by atoms with van der Waals surface area (Å²) in [5.41, 5.74) is 2.16. The van der Waals surface area contributed by atoms with Crippen molar-refractivity contribution in [1.82, 2.24) is 0 Å². The fourth-order valence-electron chi connectivity index (χ4n) is 7.36. The maximum atomic E-state index is 11.7. The molecule has 7 rings (SSSR count). The summed E-state index contributed by atoms with van der Waals surface area (Å²) in [4.78, 5) is 11.7. The molecule has 0 radical (unpaired) electrons. The van der Waals surface area contributed by atoms with E-state index in [1.165, 1.54) is 11.6 Å². The lowest BCUT2D eigenvalue weighted by molar-refractivity contribution is -0.334. The van der Waals surface area contributed by atoms with Crippen molar-refractivity contribution in [3.63, 3.8) is 0 Å². The van der Waals surface area contributed by atoms with E-state index in [-0.39, 0.29) is 41.2 Å². The SMILES string of the molecule is CC1(C)OC2(CC3=CCCC45CC34C(OC5c3ccoc3)O2)CC1C1C=CC(=O)O1. The number of cyclic esters (lactones) is 1. The molecule has 4 fully saturated rings. The number of furan rings is 1. The number of carbonyl (C=O) groups excluding carboxylic acids is 1. The minimum atomic E-state index is -0.740. The van der Waals surface area contributed by atoms with Gasteiger partial charge >= 0.3 is 5.97 Å². The lowest BCUT2D eigenvalue weighted by Gasteiger charge is -2.44. The van der Waals surface area contributed by atoms with Crippen molar-refractivity contribution in [2.75, 3.05) is 0 Å². The summed E-state index contributed by atoms with van der Waals surface area (Å²) in [6, 6.07) is 2.02. The molecule has 158 valence electrons. The largest absolute Gasteiger partial charge is 0.472 e. The van der Waals surface area contributed by atoms with Gasteiger partial charge in [-0.25, -0.2) is 4.79 Å². The Morgan fingerprint density at radius 1 is 1.23 bits per heavy atom. The maximum absolute atomic E-state index is 11.7. The van der Waals surface area contributed by atoms with Gasteiger partial charge in [0.15, 0.2) is 12.1 Å². The van der Waals surface area contributed by atoms with E-state index in [1.54, 1.807) is 6.26 Å². The quantitative estimate of drug-likeness (QED) is 0.538. The minimum absolute atomic E-state index is 0.00373. The number of hydrogen-bond donors (Lipinski definition) is 0. The molecule has 2 aliphatic carbocycles. The summed E-state index contributed by atoms with van der Waals surface area (Å²) in [6.07, 6.45) is 13.5. The van der Waals surface area contributed by atoms with Crippen molar-refractivity contribution in [2.45, 2.75) is 75.8 Å². The van der Waals surface area contributed by atoms with Crippen LogP contribution in [0.4, 0.5) is 0 Å². The molecule has 0 bridgehead atoms. The van der Waals surface area contributed by atoms with Crippen LogP contribution in [0.1, 0.15) is 57.6 Å². The fraction of sp³-hybridized carbons (Fsp3) is 0.625. The lowest BCUT2D eigenvalue weighted by Crippen LogP contribution is -2.48. The zero-order valence-corrected chi connectivity index (χ0v) is 17.3. The summed E-state index contributed by atoms with van der Waals surface area (Å²) in [5.74, 6) is -0.982. The van der Waals surface area contributed by atoms with Crippen LogP contribution in [0.2, 0.25) is 0 Å². The van der Waals surface area contributed by atoms with Gasteiger partial charge in [-0.05, 0) is 45.3 Å². The van der Waals surface area contributed by atoms with Gasteiger partial charge in [0.05, 0.1) is 29.6 Å². The Morgan fingerprint density at radius 2 is 2.13 bits per heavy atom. The Kier molecular flexibility index (Phi) is 3.13. The van der Waals surface area contributed by atoms with Gasteiger partial charge in [-0.15, -0.1) is 0 Å².